The van der Waals surface area contributed by atoms with E-state index >= 15 is 0 Å². The molecule has 3 aromatic rings. The van der Waals surface area contributed by atoms with Crippen molar-refractivity contribution in [2.75, 3.05) is 11.9 Å². The molecule has 1 aliphatic heterocycles. The number of rotatable bonds is 10. The summed E-state index contributed by atoms with van der Waals surface area (Å²) >= 11 is 12.8. The third-order valence-corrected chi connectivity index (χ3v) is 6.51. The van der Waals surface area contributed by atoms with E-state index in [-0.39, 0.29) is 11.9 Å². The molecule has 0 bridgehead atoms. The molecule has 34 heavy (non-hydrogen) atoms. The number of carbonyl (C=O) groups excluding carboxylic acids is 2. The van der Waals surface area contributed by atoms with Gasteiger partial charge in [0.05, 0.1) is 0 Å². The molecular formula is C27H26Cl2N2O3. The van der Waals surface area contributed by atoms with Crippen LogP contribution in [0.4, 0.5) is 5.69 Å². The average Bonchev–Trinajstić information content (AvgIpc) is 3.12. The molecule has 0 saturated heterocycles. The molecule has 0 fully saturated rings. The van der Waals surface area contributed by atoms with E-state index in [0.717, 1.165) is 24.0 Å². The number of benzene rings is 3. The average molecular weight is 497 g/mol. The largest absolute Gasteiger partial charge is 0.461 e. The summed E-state index contributed by atoms with van der Waals surface area (Å²) in [5.74, 6) is -0.398. The van der Waals surface area contributed by atoms with Crippen molar-refractivity contribution in [2.24, 2.45) is 0 Å². The molecule has 176 valence electrons. The number of carbonyl (C=O) groups is 2. The van der Waals surface area contributed by atoms with E-state index in [1.165, 1.54) is 0 Å². The summed E-state index contributed by atoms with van der Waals surface area (Å²) in [5.41, 5.74) is 1.98. The normalized spacial score (nSPS) is 16.7. The van der Waals surface area contributed by atoms with E-state index in [2.05, 4.69) is 10.6 Å². The molecule has 1 aliphatic rings. The highest BCUT2D eigenvalue weighted by atomic mass is 35.5. The molecule has 1 heterocycles. The first kappa shape index (κ1) is 24.3. The number of unbranched alkanes of at least 4 members (excludes halogenated alkanes) is 2. The monoisotopic (exact) mass is 496 g/mol. The number of amides is 1. The van der Waals surface area contributed by atoms with Crippen molar-refractivity contribution < 1.29 is 14.3 Å². The number of hydrogen-bond donors (Lipinski definition) is 2. The van der Waals surface area contributed by atoms with Gasteiger partial charge in [-0.25, -0.2) is 0 Å². The van der Waals surface area contributed by atoms with Crippen molar-refractivity contribution in [3.8, 4) is 0 Å². The molecule has 1 atom stereocenters. The Balaban J connectivity index is 1.35. The van der Waals surface area contributed by atoms with Crippen LogP contribution in [-0.4, -0.2) is 18.4 Å². The van der Waals surface area contributed by atoms with Gasteiger partial charge in [-0.15, -0.1) is 0 Å². The predicted octanol–water partition coefficient (Wildman–Crippen LogP) is 6.08. The van der Waals surface area contributed by atoms with Crippen LogP contribution in [0.1, 0.15) is 42.4 Å². The van der Waals surface area contributed by atoms with Crippen LogP contribution in [0.25, 0.3) is 0 Å². The van der Waals surface area contributed by atoms with Crippen molar-refractivity contribution in [3.63, 3.8) is 0 Å². The molecule has 0 aliphatic carbocycles. The molecule has 2 N–H and O–H groups in total. The molecule has 0 saturated carbocycles. The number of nitrogens with one attached hydrogen (secondary N) is 2. The highest BCUT2D eigenvalue weighted by Crippen LogP contribution is 2.44. The van der Waals surface area contributed by atoms with Crippen molar-refractivity contribution in [3.05, 3.63) is 99.5 Å². The molecule has 7 heteroatoms. The summed E-state index contributed by atoms with van der Waals surface area (Å²) in [7, 11) is 0. The predicted molar refractivity (Wildman–Crippen MR) is 135 cm³/mol. The maximum Gasteiger partial charge on any atom is 0.306 e. The third-order valence-electron chi connectivity index (χ3n) is 5.94. The van der Waals surface area contributed by atoms with E-state index in [4.69, 9.17) is 27.9 Å². The van der Waals surface area contributed by atoms with Gasteiger partial charge in [-0.2, -0.15) is 0 Å². The van der Waals surface area contributed by atoms with Gasteiger partial charge in [-0.3, -0.25) is 14.9 Å². The Morgan fingerprint density at radius 2 is 1.68 bits per heavy atom. The van der Waals surface area contributed by atoms with Gasteiger partial charge in [-0.1, -0.05) is 78.2 Å². The summed E-state index contributed by atoms with van der Waals surface area (Å²) in [6.07, 6.45) is 2.67. The number of halogens is 2. The van der Waals surface area contributed by atoms with Gasteiger partial charge in [0.15, 0.2) is 5.54 Å². The van der Waals surface area contributed by atoms with Crippen LogP contribution in [0, 0.1) is 0 Å². The Morgan fingerprint density at radius 3 is 2.47 bits per heavy atom. The van der Waals surface area contributed by atoms with Crippen molar-refractivity contribution in [1.82, 2.24) is 5.32 Å². The Morgan fingerprint density at radius 1 is 0.912 bits per heavy atom. The van der Waals surface area contributed by atoms with Crippen LogP contribution >= 0.6 is 23.2 Å². The zero-order valence-electron chi connectivity index (χ0n) is 18.7. The van der Waals surface area contributed by atoms with Crippen LogP contribution in [0.3, 0.4) is 0 Å². The number of anilines is 1. The molecule has 1 amide bonds. The fourth-order valence-electron chi connectivity index (χ4n) is 4.23. The fourth-order valence-corrected chi connectivity index (χ4v) is 4.68. The van der Waals surface area contributed by atoms with Crippen LogP contribution in [0.2, 0.25) is 10.0 Å². The lowest BCUT2D eigenvalue weighted by atomic mass is 9.83. The number of hydrogen-bond acceptors (Lipinski definition) is 4. The van der Waals surface area contributed by atoms with Crippen LogP contribution in [0.5, 0.6) is 0 Å². The maximum absolute atomic E-state index is 13.3. The number of esters is 1. The second kappa shape index (κ2) is 11.0. The Hall–Kier alpha value is -2.86. The smallest absolute Gasteiger partial charge is 0.306 e. The lowest BCUT2D eigenvalue weighted by Gasteiger charge is -2.30. The van der Waals surface area contributed by atoms with E-state index in [1.54, 1.807) is 24.3 Å². The van der Waals surface area contributed by atoms with E-state index < -0.39 is 5.54 Å². The van der Waals surface area contributed by atoms with Gasteiger partial charge < -0.3 is 10.1 Å². The first-order valence-corrected chi connectivity index (χ1v) is 12.1. The minimum atomic E-state index is -1.13. The van der Waals surface area contributed by atoms with Gasteiger partial charge in [0.25, 0.3) is 5.91 Å². The zero-order valence-corrected chi connectivity index (χ0v) is 20.2. The van der Waals surface area contributed by atoms with E-state index in [0.29, 0.717) is 47.3 Å². The molecule has 5 nitrogen and oxygen atoms in total. The highest BCUT2D eigenvalue weighted by Gasteiger charge is 2.49. The number of ether oxygens (including phenoxy) is 1. The van der Waals surface area contributed by atoms with E-state index in [9.17, 15) is 9.59 Å². The molecule has 0 radical (unpaired) electrons. The lowest BCUT2D eigenvalue weighted by molar-refractivity contribution is -0.145. The summed E-state index contributed by atoms with van der Waals surface area (Å²) in [4.78, 5) is 25.3. The quantitative estimate of drug-likeness (QED) is 0.263. The van der Waals surface area contributed by atoms with Crippen LogP contribution in [0.15, 0.2) is 72.8 Å². The van der Waals surface area contributed by atoms with Crippen molar-refractivity contribution >= 4 is 40.8 Å². The first-order valence-electron chi connectivity index (χ1n) is 11.3. The second-order valence-electron chi connectivity index (χ2n) is 8.26. The topological polar surface area (TPSA) is 67.4 Å². The lowest BCUT2D eigenvalue weighted by Crippen LogP contribution is -2.49. The highest BCUT2D eigenvalue weighted by molar-refractivity contribution is 6.32. The SMILES string of the molecule is O=C(CCCCCNC1(c2ccccc2Cl)C(=O)Nc2ccc(Cl)cc21)OCc1ccccc1. The Bertz CT molecular complexity index is 1170. The standard InChI is InChI=1S/C27H26Cl2N2O3/c28-20-14-15-24-22(17-20)27(26(33)31-24,21-11-6-7-12-23(21)29)30-16-8-2-5-13-25(32)34-18-19-9-3-1-4-10-19/h1,3-4,6-7,9-12,14-15,17,30H,2,5,8,13,16,18H2,(H,31,33). The summed E-state index contributed by atoms with van der Waals surface area (Å²) < 4.78 is 5.33. The van der Waals surface area contributed by atoms with Gasteiger partial charge in [0.2, 0.25) is 0 Å². The molecule has 0 aromatic heterocycles. The van der Waals surface area contributed by atoms with Gasteiger partial charge in [-0.05, 0) is 49.2 Å². The minimum Gasteiger partial charge on any atom is -0.461 e. The van der Waals surface area contributed by atoms with Crippen LogP contribution in [-0.2, 0) is 26.5 Å². The van der Waals surface area contributed by atoms with Gasteiger partial charge in [0, 0.05) is 33.3 Å². The van der Waals surface area contributed by atoms with E-state index in [1.807, 2.05) is 48.5 Å². The molecular weight excluding hydrogens is 471 g/mol. The molecule has 0 spiro atoms. The van der Waals surface area contributed by atoms with Crippen molar-refractivity contribution in [1.29, 1.82) is 0 Å². The molecule has 1 unspecified atom stereocenters. The minimum absolute atomic E-state index is 0.192. The Labute approximate surface area is 209 Å². The van der Waals surface area contributed by atoms with Crippen molar-refractivity contribution in [2.45, 2.75) is 37.8 Å². The third kappa shape index (κ3) is 5.27. The first-order chi connectivity index (χ1) is 16.5. The van der Waals surface area contributed by atoms with Crippen LogP contribution < -0.4 is 10.6 Å². The zero-order chi connectivity index (χ0) is 24.0. The molecule has 4 rings (SSSR count). The van der Waals surface area contributed by atoms with Gasteiger partial charge in [0.1, 0.15) is 6.61 Å². The fraction of sp³-hybridized carbons (Fsp3) is 0.259. The Kier molecular flexibility index (Phi) is 7.88. The summed E-state index contributed by atoms with van der Waals surface area (Å²) in [6, 6.07) is 22.3. The summed E-state index contributed by atoms with van der Waals surface area (Å²) in [5, 5.41) is 7.45. The molecule has 3 aromatic carbocycles. The number of fused-ring (bicyclic) bond motifs is 1. The second-order valence-corrected chi connectivity index (χ2v) is 9.10. The maximum atomic E-state index is 13.3. The summed E-state index contributed by atoms with van der Waals surface area (Å²) in [6.45, 7) is 0.850. The van der Waals surface area contributed by atoms with Gasteiger partial charge >= 0.3 is 5.97 Å².